The van der Waals surface area contributed by atoms with Crippen molar-refractivity contribution in [2.45, 2.75) is 18.3 Å². The summed E-state index contributed by atoms with van der Waals surface area (Å²) in [4.78, 5) is 10.7. The van der Waals surface area contributed by atoms with Gasteiger partial charge in [-0.15, -0.1) is 0 Å². The van der Waals surface area contributed by atoms with Crippen molar-refractivity contribution >= 4 is 16.7 Å². The molecule has 0 saturated carbocycles. The Morgan fingerprint density at radius 1 is 1.04 bits per heavy atom. The monoisotopic (exact) mass is 332 g/mol. The summed E-state index contributed by atoms with van der Waals surface area (Å²) >= 11 is 0. The molecule has 0 radical (unpaired) electrons. The number of hydrogen-bond donors (Lipinski definition) is 0. The number of nitriles is 1. The quantitative estimate of drug-likeness (QED) is 0.716. The van der Waals surface area contributed by atoms with Crippen LogP contribution in [0.15, 0.2) is 54.9 Å². The number of halogens is 1. The maximum absolute atomic E-state index is 13.4. The molecule has 124 valence electrons. The molecule has 4 nitrogen and oxygen atoms in total. The maximum Gasteiger partial charge on any atom is 0.139 e. The highest BCUT2D eigenvalue weighted by Crippen LogP contribution is 2.37. The summed E-state index contributed by atoms with van der Waals surface area (Å²) in [5, 5.41) is 10.7. The van der Waals surface area contributed by atoms with Gasteiger partial charge < -0.3 is 4.90 Å². The lowest BCUT2D eigenvalue weighted by Gasteiger charge is -2.38. The number of hydrogen-bond acceptors (Lipinski definition) is 4. The first-order chi connectivity index (χ1) is 12.2. The van der Waals surface area contributed by atoms with E-state index in [1.165, 1.54) is 18.5 Å². The molecule has 0 amide bonds. The van der Waals surface area contributed by atoms with Gasteiger partial charge >= 0.3 is 0 Å². The van der Waals surface area contributed by atoms with Crippen molar-refractivity contribution in [1.29, 1.82) is 5.26 Å². The Hall–Kier alpha value is -3.00. The van der Waals surface area contributed by atoms with E-state index in [0.29, 0.717) is 5.52 Å². The molecule has 25 heavy (non-hydrogen) atoms. The topological polar surface area (TPSA) is 52.8 Å². The first-order valence-electron chi connectivity index (χ1n) is 8.34. The van der Waals surface area contributed by atoms with Crippen molar-refractivity contribution in [2.75, 3.05) is 18.0 Å². The molecule has 5 heteroatoms. The van der Waals surface area contributed by atoms with Crippen LogP contribution in [0.4, 0.5) is 10.2 Å². The summed E-state index contributed by atoms with van der Waals surface area (Å²) in [7, 11) is 0. The van der Waals surface area contributed by atoms with Crippen molar-refractivity contribution in [1.82, 2.24) is 9.97 Å². The second-order valence-corrected chi connectivity index (χ2v) is 6.41. The van der Waals surface area contributed by atoms with E-state index in [2.05, 4.69) is 20.9 Å². The molecule has 4 rings (SSSR count). The molecule has 0 aliphatic carbocycles. The molecule has 0 unspecified atom stereocenters. The van der Waals surface area contributed by atoms with Crippen LogP contribution in [0, 0.1) is 17.1 Å². The third-order valence-electron chi connectivity index (χ3n) is 5.03. The third kappa shape index (κ3) is 2.70. The number of anilines is 1. The van der Waals surface area contributed by atoms with Gasteiger partial charge in [0.15, 0.2) is 0 Å². The minimum absolute atomic E-state index is 0.302. The molecule has 0 atom stereocenters. The predicted molar refractivity (Wildman–Crippen MR) is 94.7 cm³/mol. The molecule has 3 aromatic rings. The fraction of sp³-hybridized carbons (Fsp3) is 0.250. The second kappa shape index (κ2) is 6.14. The average molecular weight is 332 g/mol. The summed E-state index contributed by atoms with van der Waals surface area (Å²) in [5.41, 5.74) is 1.23. The van der Waals surface area contributed by atoms with Crippen LogP contribution in [0.2, 0.25) is 0 Å². The zero-order valence-corrected chi connectivity index (χ0v) is 13.7. The van der Waals surface area contributed by atoms with Gasteiger partial charge in [-0.3, -0.25) is 0 Å². The van der Waals surface area contributed by atoms with Crippen LogP contribution in [0.25, 0.3) is 10.9 Å². The van der Waals surface area contributed by atoms with E-state index >= 15 is 0 Å². The van der Waals surface area contributed by atoms with E-state index in [4.69, 9.17) is 0 Å². The Morgan fingerprint density at radius 2 is 1.80 bits per heavy atom. The van der Waals surface area contributed by atoms with Crippen LogP contribution in [0.3, 0.4) is 0 Å². The number of benzene rings is 2. The first-order valence-corrected chi connectivity index (χ1v) is 8.34. The maximum atomic E-state index is 13.4. The normalized spacial score (nSPS) is 16.6. The highest BCUT2D eigenvalue weighted by Gasteiger charge is 2.37. The molecule has 1 saturated heterocycles. The van der Waals surface area contributed by atoms with Gasteiger partial charge in [-0.1, -0.05) is 30.3 Å². The predicted octanol–water partition coefficient (Wildman–Crippen LogP) is 3.83. The number of piperidine rings is 1. The van der Waals surface area contributed by atoms with Gasteiger partial charge in [-0.25, -0.2) is 14.4 Å². The molecule has 0 spiro atoms. The molecule has 1 aromatic heterocycles. The molecule has 1 aliphatic heterocycles. The van der Waals surface area contributed by atoms with E-state index in [1.807, 2.05) is 30.3 Å². The summed E-state index contributed by atoms with van der Waals surface area (Å²) < 4.78 is 13.4. The Kier molecular flexibility index (Phi) is 3.81. The summed E-state index contributed by atoms with van der Waals surface area (Å²) in [5.74, 6) is 0.507. The Labute approximate surface area is 145 Å². The van der Waals surface area contributed by atoms with Crippen molar-refractivity contribution < 1.29 is 4.39 Å². The summed E-state index contributed by atoms with van der Waals surface area (Å²) in [6.07, 6.45) is 2.95. The molecule has 0 N–H and O–H groups in total. The number of nitrogens with zero attached hydrogens (tertiary/aromatic N) is 4. The summed E-state index contributed by atoms with van der Waals surface area (Å²) in [6, 6.07) is 17.1. The molecule has 2 aromatic carbocycles. The SMILES string of the molecule is N#CC1(c2ccccc2)CCN(c2ncnc3cc(F)ccc23)CC1. The molecular weight excluding hydrogens is 315 g/mol. The third-order valence-corrected chi connectivity index (χ3v) is 5.03. The highest BCUT2D eigenvalue weighted by molar-refractivity contribution is 5.89. The van der Waals surface area contributed by atoms with E-state index in [0.717, 1.165) is 42.7 Å². The molecule has 0 bridgehead atoms. The van der Waals surface area contributed by atoms with Crippen LogP contribution < -0.4 is 4.90 Å². The fourth-order valence-electron chi connectivity index (χ4n) is 3.59. The van der Waals surface area contributed by atoms with Gasteiger partial charge in [-0.2, -0.15) is 5.26 Å². The van der Waals surface area contributed by atoms with Gasteiger partial charge in [0.1, 0.15) is 18.0 Å². The highest BCUT2D eigenvalue weighted by atomic mass is 19.1. The fourth-order valence-corrected chi connectivity index (χ4v) is 3.59. The Bertz CT molecular complexity index is 941. The average Bonchev–Trinajstić information content (AvgIpc) is 2.68. The lowest BCUT2D eigenvalue weighted by atomic mass is 9.74. The number of fused-ring (bicyclic) bond motifs is 1. The van der Waals surface area contributed by atoms with Gasteiger partial charge in [0.25, 0.3) is 0 Å². The van der Waals surface area contributed by atoms with Crippen LogP contribution in [-0.4, -0.2) is 23.1 Å². The lowest BCUT2D eigenvalue weighted by Crippen LogP contribution is -2.42. The van der Waals surface area contributed by atoms with Crippen LogP contribution in [0.5, 0.6) is 0 Å². The second-order valence-electron chi connectivity index (χ2n) is 6.41. The minimum atomic E-state index is -0.452. The van der Waals surface area contributed by atoms with Crippen molar-refractivity contribution in [3.63, 3.8) is 0 Å². The summed E-state index contributed by atoms with van der Waals surface area (Å²) in [6.45, 7) is 1.46. The molecule has 2 heterocycles. The number of rotatable bonds is 2. The minimum Gasteiger partial charge on any atom is -0.356 e. The molecular formula is C20H17FN4. The van der Waals surface area contributed by atoms with Crippen molar-refractivity contribution in [3.05, 3.63) is 66.2 Å². The molecule has 1 aliphatic rings. The Morgan fingerprint density at radius 3 is 2.52 bits per heavy atom. The molecule has 1 fully saturated rings. The van der Waals surface area contributed by atoms with E-state index in [-0.39, 0.29) is 5.82 Å². The van der Waals surface area contributed by atoms with Crippen LogP contribution >= 0.6 is 0 Å². The zero-order valence-electron chi connectivity index (χ0n) is 13.7. The van der Waals surface area contributed by atoms with Crippen molar-refractivity contribution in [2.24, 2.45) is 0 Å². The van der Waals surface area contributed by atoms with Crippen molar-refractivity contribution in [3.8, 4) is 6.07 Å². The van der Waals surface area contributed by atoms with Crippen LogP contribution in [0.1, 0.15) is 18.4 Å². The van der Waals surface area contributed by atoms with E-state index in [1.54, 1.807) is 6.07 Å². The van der Waals surface area contributed by atoms with Crippen LogP contribution in [-0.2, 0) is 5.41 Å². The first kappa shape index (κ1) is 15.5. The van der Waals surface area contributed by atoms with E-state index in [9.17, 15) is 9.65 Å². The van der Waals surface area contributed by atoms with Gasteiger partial charge in [0.2, 0.25) is 0 Å². The van der Waals surface area contributed by atoms with Gasteiger partial charge in [0.05, 0.1) is 17.0 Å². The van der Waals surface area contributed by atoms with Gasteiger partial charge in [-0.05, 0) is 30.5 Å². The largest absolute Gasteiger partial charge is 0.356 e. The standard InChI is InChI=1S/C20H17FN4/c21-16-6-7-17-18(12-16)23-14-24-19(17)25-10-8-20(13-22,9-11-25)15-4-2-1-3-5-15/h1-7,12,14H,8-11H2. The smallest absolute Gasteiger partial charge is 0.139 e. The number of aromatic nitrogens is 2. The van der Waals surface area contributed by atoms with Gasteiger partial charge in [0, 0.05) is 24.5 Å². The van der Waals surface area contributed by atoms with E-state index < -0.39 is 5.41 Å². The lowest BCUT2D eigenvalue weighted by molar-refractivity contribution is 0.414. The zero-order chi connectivity index (χ0) is 17.3. The Balaban J connectivity index is 1.64.